The van der Waals surface area contributed by atoms with Gasteiger partial charge in [-0.2, -0.15) is 18.2 Å². The molecule has 136 valence electrons. The average molecular weight is 349 g/mol. The zero-order chi connectivity index (χ0) is 18.5. The minimum Gasteiger partial charge on any atom is -0.444 e. The van der Waals surface area contributed by atoms with Crippen LogP contribution in [0.15, 0.2) is 6.20 Å². The lowest BCUT2D eigenvalue weighted by Gasteiger charge is -2.24. The molecule has 0 atom stereocenters. The maximum atomic E-state index is 12.9. The van der Waals surface area contributed by atoms with Crippen LogP contribution >= 0.6 is 0 Å². The maximum absolute atomic E-state index is 12.9. The van der Waals surface area contributed by atoms with Crippen molar-refractivity contribution in [2.75, 3.05) is 31.2 Å². The van der Waals surface area contributed by atoms with E-state index < -0.39 is 23.4 Å². The van der Waals surface area contributed by atoms with Gasteiger partial charge in [-0.25, -0.2) is 9.78 Å². The minimum absolute atomic E-state index is 0.173. The summed E-state index contributed by atoms with van der Waals surface area (Å²) in [5.74, 6) is -0.633. The molecule has 3 N–H and O–H groups in total. The van der Waals surface area contributed by atoms with E-state index in [2.05, 4.69) is 15.3 Å². The van der Waals surface area contributed by atoms with Gasteiger partial charge in [0.25, 0.3) is 0 Å². The number of hydrogen-bond donors (Lipinski definition) is 2. The second-order valence-electron chi connectivity index (χ2n) is 6.17. The normalized spacial score (nSPS) is 12.0. The highest BCUT2D eigenvalue weighted by molar-refractivity contribution is 5.67. The Labute approximate surface area is 138 Å². The van der Waals surface area contributed by atoms with Gasteiger partial charge < -0.3 is 20.7 Å². The van der Waals surface area contributed by atoms with E-state index in [4.69, 9.17) is 10.5 Å². The Morgan fingerprint density at radius 2 is 2.00 bits per heavy atom. The number of anilines is 2. The van der Waals surface area contributed by atoms with E-state index >= 15 is 0 Å². The van der Waals surface area contributed by atoms with Crippen LogP contribution in [0.4, 0.5) is 29.7 Å². The Balaban J connectivity index is 2.54. The lowest BCUT2D eigenvalue weighted by Crippen LogP contribution is -2.35. The summed E-state index contributed by atoms with van der Waals surface area (Å²) in [6.07, 6.45) is -4.04. The second kappa shape index (κ2) is 7.54. The van der Waals surface area contributed by atoms with E-state index in [1.807, 2.05) is 0 Å². The van der Waals surface area contributed by atoms with Crippen molar-refractivity contribution in [1.82, 2.24) is 14.9 Å². The lowest BCUT2D eigenvalue weighted by molar-refractivity contribution is -0.137. The van der Waals surface area contributed by atoms with E-state index in [1.165, 1.54) is 4.90 Å². The molecule has 0 fully saturated rings. The summed E-state index contributed by atoms with van der Waals surface area (Å²) in [5.41, 5.74) is 3.73. The molecule has 0 spiro atoms. The first kappa shape index (κ1) is 19.8. The first-order valence-electron chi connectivity index (χ1n) is 7.28. The zero-order valence-electron chi connectivity index (χ0n) is 14.1. The number of hydrogen-bond acceptors (Lipinski definition) is 6. The topological polar surface area (TPSA) is 93.4 Å². The van der Waals surface area contributed by atoms with Crippen molar-refractivity contribution >= 4 is 17.9 Å². The fourth-order valence-electron chi connectivity index (χ4n) is 1.69. The standard InChI is InChI=1S/C14H22F3N5O2/c1-13(2,3)24-12(23)22(4)7-5-6-19-10-9(14(15,16)17)8-20-11(18)21-10/h8H,5-7H2,1-4H3,(H3,18,19,20,21). The number of halogens is 3. The van der Waals surface area contributed by atoms with Crippen molar-refractivity contribution < 1.29 is 22.7 Å². The molecule has 1 heterocycles. The molecule has 7 nitrogen and oxygen atoms in total. The number of carbonyl (C=O) groups is 1. The summed E-state index contributed by atoms with van der Waals surface area (Å²) in [5, 5.41) is 2.57. The van der Waals surface area contributed by atoms with Crippen LogP contribution in [0.25, 0.3) is 0 Å². The summed E-state index contributed by atoms with van der Waals surface area (Å²) in [6, 6.07) is 0. The highest BCUT2D eigenvalue weighted by Crippen LogP contribution is 2.33. The van der Waals surface area contributed by atoms with Crippen LogP contribution in [-0.4, -0.2) is 46.7 Å². The molecule has 0 aliphatic carbocycles. The maximum Gasteiger partial charge on any atom is 0.421 e. The number of nitrogens with zero attached hydrogens (tertiary/aromatic N) is 3. The van der Waals surface area contributed by atoms with Gasteiger partial charge in [0.1, 0.15) is 17.0 Å². The summed E-state index contributed by atoms with van der Waals surface area (Å²) in [6.45, 7) is 5.73. The van der Waals surface area contributed by atoms with Crippen molar-refractivity contribution in [2.45, 2.75) is 39.0 Å². The Kier molecular flexibility index (Phi) is 6.22. The van der Waals surface area contributed by atoms with Crippen LogP contribution in [-0.2, 0) is 10.9 Å². The molecule has 0 aliphatic heterocycles. The van der Waals surface area contributed by atoms with Crippen molar-refractivity contribution in [2.24, 2.45) is 0 Å². The number of nitrogens with two attached hydrogens (primary N) is 1. The average Bonchev–Trinajstić information content (AvgIpc) is 2.40. The van der Waals surface area contributed by atoms with Crippen molar-refractivity contribution in [3.05, 3.63) is 11.8 Å². The number of aromatic nitrogens is 2. The van der Waals surface area contributed by atoms with Gasteiger partial charge in [-0.15, -0.1) is 0 Å². The van der Waals surface area contributed by atoms with E-state index in [1.54, 1.807) is 27.8 Å². The number of ether oxygens (including phenoxy) is 1. The molecule has 0 unspecified atom stereocenters. The first-order valence-corrected chi connectivity index (χ1v) is 7.28. The Morgan fingerprint density at radius 1 is 1.38 bits per heavy atom. The quantitative estimate of drug-likeness (QED) is 0.794. The molecular formula is C14H22F3N5O2. The third-order valence-corrected chi connectivity index (χ3v) is 2.78. The van der Waals surface area contributed by atoms with Crippen molar-refractivity contribution in [3.63, 3.8) is 0 Å². The van der Waals surface area contributed by atoms with Gasteiger partial charge >= 0.3 is 12.3 Å². The fourth-order valence-corrected chi connectivity index (χ4v) is 1.69. The van der Waals surface area contributed by atoms with Crippen LogP contribution in [0.5, 0.6) is 0 Å². The molecular weight excluding hydrogens is 327 g/mol. The van der Waals surface area contributed by atoms with Gasteiger partial charge in [0, 0.05) is 26.3 Å². The number of rotatable bonds is 5. The SMILES string of the molecule is CN(CCCNc1nc(N)ncc1C(F)(F)F)C(=O)OC(C)(C)C. The van der Waals surface area contributed by atoms with Gasteiger partial charge in [0.05, 0.1) is 0 Å². The molecule has 0 aliphatic rings. The molecule has 0 saturated heterocycles. The summed E-state index contributed by atoms with van der Waals surface area (Å²) in [4.78, 5) is 20.0. The van der Waals surface area contributed by atoms with Gasteiger partial charge in [-0.3, -0.25) is 0 Å². The van der Waals surface area contributed by atoms with Crippen molar-refractivity contribution in [1.29, 1.82) is 0 Å². The summed E-state index contributed by atoms with van der Waals surface area (Å²) in [7, 11) is 1.55. The Bertz CT molecular complexity index is 573. The molecule has 1 rings (SSSR count). The largest absolute Gasteiger partial charge is 0.444 e. The highest BCUT2D eigenvalue weighted by Gasteiger charge is 2.35. The molecule has 0 bridgehead atoms. The van der Waals surface area contributed by atoms with Gasteiger partial charge in [-0.05, 0) is 27.2 Å². The second-order valence-corrected chi connectivity index (χ2v) is 6.17. The third kappa shape index (κ3) is 6.47. The van der Waals surface area contributed by atoms with Crippen LogP contribution in [0.2, 0.25) is 0 Å². The number of amides is 1. The molecule has 1 aromatic heterocycles. The van der Waals surface area contributed by atoms with Crippen LogP contribution in [0.3, 0.4) is 0 Å². The van der Waals surface area contributed by atoms with E-state index in [-0.39, 0.29) is 18.3 Å². The van der Waals surface area contributed by atoms with Crippen LogP contribution in [0.1, 0.15) is 32.8 Å². The molecule has 0 radical (unpaired) electrons. The predicted molar refractivity (Wildman–Crippen MR) is 83.4 cm³/mol. The molecule has 1 amide bonds. The van der Waals surface area contributed by atoms with Gasteiger partial charge in [0.15, 0.2) is 0 Å². The Hall–Kier alpha value is -2.26. The number of alkyl halides is 3. The minimum atomic E-state index is -4.58. The first-order chi connectivity index (χ1) is 10.9. The van der Waals surface area contributed by atoms with Crippen molar-refractivity contribution in [3.8, 4) is 0 Å². The molecule has 1 aromatic rings. The summed E-state index contributed by atoms with van der Waals surface area (Å²) >= 11 is 0. The predicted octanol–water partition coefficient (Wildman–Crippen LogP) is 2.75. The monoisotopic (exact) mass is 349 g/mol. The van der Waals surface area contributed by atoms with E-state index in [0.29, 0.717) is 19.2 Å². The van der Waals surface area contributed by atoms with Gasteiger partial charge in [-0.1, -0.05) is 0 Å². The van der Waals surface area contributed by atoms with E-state index in [9.17, 15) is 18.0 Å². The van der Waals surface area contributed by atoms with E-state index in [0.717, 1.165) is 0 Å². The van der Waals surface area contributed by atoms with Crippen LogP contribution in [0, 0.1) is 0 Å². The van der Waals surface area contributed by atoms with Crippen LogP contribution < -0.4 is 11.1 Å². The highest BCUT2D eigenvalue weighted by atomic mass is 19.4. The summed E-state index contributed by atoms with van der Waals surface area (Å²) < 4.78 is 43.7. The zero-order valence-corrected chi connectivity index (χ0v) is 14.1. The molecule has 0 aromatic carbocycles. The lowest BCUT2D eigenvalue weighted by atomic mass is 10.2. The number of nitrogens with one attached hydrogen (secondary N) is 1. The molecule has 24 heavy (non-hydrogen) atoms. The smallest absolute Gasteiger partial charge is 0.421 e. The number of nitrogen functional groups attached to an aromatic ring is 1. The fraction of sp³-hybridized carbons (Fsp3) is 0.643. The number of carbonyl (C=O) groups excluding carboxylic acids is 1. The molecule has 0 saturated carbocycles. The van der Waals surface area contributed by atoms with Gasteiger partial charge in [0.2, 0.25) is 5.95 Å². The Morgan fingerprint density at radius 3 is 2.54 bits per heavy atom. The third-order valence-electron chi connectivity index (χ3n) is 2.78. The molecule has 10 heteroatoms.